The van der Waals surface area contributed by atoms with Crippen LogP contribution in [-0.4, -0.2) is 0 Å². The molecule has 0 aromatic heterocycles. The first-order valence-electron chi connectivity index (χ1n) is 4.46. The molecule has 14 heavy (non-hydrogen) atoms. The Hall–Kier alpha value is -1.43. The fourth-order valence-electron chi connectivity index (χ4n) is 1.70. The van der Waals surface area contributed by atoms with Gasteiger partial charge < -0.3 is 0 Å². The van der Waals surface area contributed by atoms with E-state index in [1.807, 2.05) is 6.07 Å². The molecule has 1 aromatic rings. The van der Waals surface area contributed by atoms with Crippen LogP contribution in [0.3, 0.4) is 0 Å². The number of hydrogen-bond acceptors (Lipinski definition) is 1. The van der Waals surface area contributed by atoms with E-state index >= 15 is 0 Å². The van der Waals surface area contributed by atoms with Crippen LogP contribution < -0.4 is 0 Å². The Morgan fingerprint density at radius 3 is 2.14 bits per heavy atom. The lowest BCUT2D eigenvalue weighted by molar-refractivity contribution is 0.541. The molecule has 0 unspecified atom stereocenters. The first kappa shape index (κ1) is 9.14. The normalized spacial score (nSPS) is 17.6. The fourth-order valence-corrected chi connectivity index (χ4v) is 1.70. The molecular formula is C11H9F2N. The third-order valence-corrected chi connectivity index (χ3v) is 2.63. The summed E-state index contributed by atoms with van der Waals surface area (Å²) in [5.41, 5.74) is -0.398. The molecule has 0 heterocycles. The van der Waals surface area contributed by atoms with Gasteiger partial charge >= 0.3 is 0 Å². The third kappa shape index (κ3) is 1.19. The maximum Gasteiger partial charge on any atom is 0.131 e. The summed E-state index contributed by atoms with van der Waals surface area (Å²) in [5, 5.41) is 8.84. The lowest BCUT2D eigenvalue weighted by Crippen LogP contribution is -2.09. The lowest BCUT2D eigenvalue weighted by atomic mass is 9.95. The highest BCUT2D eigenvalue weighted by atomic mass is 19.1. The van der Waals surface area contributed by atoms with Crippen LogP contribution >= 0.6 is 0 Å². The molecule has 72 valence electrons. The maximum absolute atomic E-state index is 13.4. The number of hydrogen-bond donors (Lipinski definition) is 0. The van der Waals surface area contributed by atoms with Gasteiger partial charge in [0, 0.05) is 5.56 Å². The van der Waals surface area contributed by atoms with Gasteiger partial charge in [-0.1, -0.05) is 0 Å². The van der Waals surface area contributed by atoms with E-state index in [0.717, 1.165) is 0 Å². The van der Waals surface area contributed by atoms with Crippen molar-refractivity contribution in [2.75, 3.05) is 0 Å². The van der Waals surface area contributed by atoms with Crippen LogP contribution in [0.25, 0.3) is 0 Å². The number of nitrogens with zero attached hydrogens (tertiary/aromatic N) is 1. The second-order valence-electron chi connectivity index (χ2n) is 3.80. The second-order valence-corrected chi connectivity index (χ2v) is 3.80. The SMILES string of the molecule is Cc1cc(F)c(C2(C#N)CC2)c(F)c1. The molecule has 0 saturated heterocycles. The number of rotatable bonds is 1. The van der Waals surface area contributed by atoms with Gasteiger partial charge in [-0.3, -0.25) is 0 Å². The highest BCUT2D eigenvalue weighted by molar-refractivity contribution is 5.42. The number of benzene rings is 1. The van der Waals surface area contributed by atoms with Gasteiger partial charge in [0.25, 0.3) is 0 Å². The molecule has 0 atom stereocenters. The molecular weight excluding hydrogens is 184 g/mol. The van der Waals surface area contributed by atoms with Crippen LogP contribution in [0.2, 0.25) is 0 Å². The van der Waals surface area contributed by atoms with E-state index in [2.05, 4.69) is 0 Å². The van der Waals surface area contributed by atoms with Crippen molar-refractivity contribution in [2.24, 2.45) is 0 Å². The van der Waals surface area contributed by atoms with Crippen molar-refractivity contribution < 1.29 is 8.78 Å². The monoisotopic (exact) mass is 193 g/mol. The molecule has 0 radical (unpaired) electrons. The summed E-state index contributed by atoms with van der Waals surface area (Å²) < 4.78 is 26.9. The Bertz CT molecular complexity index is 404. The van der Waals surface area contributed by atoms with Crippen molar-refractivity contribution in [1.29, 1.82) is 5.26 Å². The Balaban J connectivity index is 2.60. The van der Waals surface area contributed by atoms with Crippen molar-refractivity contribution in [2.45, 2.75) is 25.2 Å². The number of halogens is 2. The molecule has 0 N–H and O–H groups in total. The highest BCUT2D eigenvalue weighted by Gasteiger charge is 2.48. The highest BCUT2D eigenvalue weighted by Crippen LogP contribution is 2.49. The predicted molar refractivity (Wildman–Crippen MR) is 47.6 cm³/mol. The molecule has 0 amide bonds. The van der Waals surface area contributed by atoms with Crippen LogP contribution in [0.1, 0.15) is 24.0 Å². The third-order valence-electron chi connectivity index (χ3n) is 2.63. The van der Waals surface area contributed by atoms with Crippen molar-refractivity contribution in [3.8, 4) is 6.07 Å². The molecule has 0 spiro atoms. The van der Waals surface area contributed by atoms with E-state index in [4.69, 9.17) is 5.26 Å². The summed E-state index contributed by atoms with van der Waals surface area (Å²) in [6, 6.07) is 4.54. The summed E-state index contributed by atoms with van der Waals surface area (Å²) in [7, 11) is 0. The smallest absolute Gasteiger partial charge is 0.131 e. The van der Waals surface area contributed by atoms with Crippen LogP contribution in [0, 0.1) is 29.9 Å². The van der Waals surface area contributed by atoms with Gasteiger partial charge in [0.15, 0.2) is 0 Å². The van der Waals surface area contributed by atoms with E-state index < -0.39 is 17.0 Å². The van der Waals surface area contributed by atoms with E-state index in [1.165, 1.54) is 12.1 Å². The Kier molecular flexibility index (Phi) is 1.81. The van der Waals surface area contributed by atoms with Gasteiger partial charge in [-0.05, 0) is 37.5 Å². The maximum atomic E-state index is 13.4. The molecule has 1 aromatic carbocycles. The molecule has 2 rings (SSSR count). The minimum atomic E-state index is -0.887. The predicted octanol–water partition coefficient (Wildman–Crippen LogP) is 2.83. The largest absolute Gasteiger partial charge is 0.207 e. The standard InChI is InChI=1S/C11H9F2N/c1-7-4-8(12)10(9(13)5-7)11(6-14)2-3-11/h4-5H,2-3H2,1H3. The van der Waals surface area contributed by atoms with Crippen molar-refractivity contribution in [1.82, 2.24) is 0 Å². The molecule has 1 fully saturated rings. The quantitative estimate of drug-likeness (QED) is 0.672. The summed E-state index contributed by atoms with van der Waals surface area (Å²) in [6.45, 7) is 1.63. The minimum absolute atomic E-state index is 0.0504. The van der Waals surface area contributed by atoms with Crippen molar-refractivity contribution in [3.05, 3.63) is 34.9 Å². The van der Waals surface area contributed by atoms with Crippen LogP contribution in [0.4, 0.5) is 8.78 Å². The van der Waals surface area contributed by atoms with Gasteiger partial charge in [0.2, 0.25) is 0 Å². The van der Waals surface area contributed by atoms with E-state index in [1.54, 1.807) is 6.92 Å². The van der Waals surface area contributed by atoms with E-state index in [9.17, 15) is 8.78 Å². The molecule has 0 aliphatic heterocycles. The van der Waals surface area contributed by atoms with Gasteiger partial charge in [-0.15, -0.1) is 0 Å². The van der Waals surface area contributed by atoms with Gasteiger partial charge in [-0.2, -0.15) is 5.26 Å². The van der Waals surface area contributed by atoms with Crippen molar-refractivity contribution >= 4 is 0 Å². The summed E-state index contributed by atoms with van der Waals surface area (Å²) >= 11 is 0. The fraction of sp³-hybridized carbons (Fsp3) is 0.364. The Morgan fingerprint density at radius 1 is 1.29 bits per heavy atom. The van der Waals surface area contributed by atoms with Gasteiger partial charge in [-0.25, -0.2) is 8.78 Å². The zero-order valence-electron chi connectivity index (χ0n) is 7.77. The molecule has 3 heteroatoms. The second kappa shape index (κ2) is 2.78. The zero-order chi connectivity index (χ0) is 10.3. The summed E-state index contributed by atoms with van der Waals surface area (Å²) in [5.74, 6) is -1.19. The first-order chi connectivity index (χ1) is 6.59. The van der Waals surface area contributed by atoms with Crippen LogP contribution in [0.15, 0.2) is 12.1 Å². The molecule has 1 aliphatic rings. The van der Waals surface area contributed by atoms with Gasteiger partial charge in [0.1, 0.15) is 11.6 Å². The van der Waals surface area contributed by atoms with E-state index in [0.29, 0.717) is 18.4 Å². The number of aryl methyl sites for hydroxylation is 1. The average molecular weight is 193 g/mol. The minimum Gasteiger partial charge on any atom is -0.207 e. The topological polar surface area (TPSA) is 23.8 Å². The number of nitriles is 1. The zero-order valence-corrected chi connectivity index (χ0v) is 7.77. The molecule has 0 bridgehead atoms. The average Bonchev–Trinajstić information content (AvgIpc) is 2.83. The van der Waals surface area contributed by atoms with Crippen molar-refractivity contribution in [3.63, 3.8) is 0 Å². The molecule has 1 saturated carbocycles. The summed E-state index contributed by atoms with van der Waals surface area (Å²) in [6.07, 6.45) is 1.11. The lowest BCUT2D eigenvalue weighted by Gasteiger charge is -2.09. The first-order valence-corrected chi connectivity index (χ1v) is 4.46. The summed E-state index contributed by atoms with van der Waals surface area (Å²) in [4.78, 5) is 0. The Morgan fingerprint density at radius 2 is 1.79 bits per heavy atom. The van der Waals surface area contributed by atoms with Gasteiger partial charge in [0.05, 0.1) is 11.5 Å². The molecule has 1 nitrogen and oxygen atoms in total. The molecule has 1 aliphatic carbocycles. The van der Waals surface area contributed by atoms with Crippen LogP contribution in [-0.2, 0) is 5.41 Å². The van der Waals surface area contributed by atoms with E-state index in [-0.39, 0.29) is 5.56 Å². The Labute approximate surface area is 81.0 Å². The van der Waals surface area contributed by atoms with Crippen LogP contribution in [0.5, 0.6) is 0 Å².